The molecular formula is C17H16FN3O2S. The van der Waals surface area contributed by atoms with E-state index in [0.29, 0.717) is 22.5 Å². The smallest absolute Gasteiger partial charge is 0.191 e. The van der Waals surface area contributed by atoms with E-state index in [4.69, 9.17) is 9.84 Å². The van der Waals surface area contributed by atoms with Gasteiger partial charge in [-0.2, -0.15) is 0 Å². The topological polar surface area (TPSA) is 60.2 Å². The molecule has 7 heteroatoms. The molecule has 0 amide bonds. The summed E-state index contributed by atoms with van der Waals surface area (Å²) in [5.74, 6) is 1.41. The molecule has 1 aromatic heterocycles. The predicted molar refractivity (Wildman–Crippen MR) is 89.4 cm³/mol. The lowest BCUT2D eigenvalue weighted by atomic mass is 10.2. The first-order valence-electron chi connectivity index (χ1n) is 7.30. The fourth-order valence-corrected chi connectivity index (χ4v) is 2.96. The summed E-state index contributed by atoms with van der Waals surface area (Å²) in [4.78, 5) is 0. The molecule has 0 spiro atoms. The third kappa shape index (κ3) is 3.74. The van der Waals surface area contributed by atoms with E-state index >= 15 is 0 Å². The van der Waals surface area contributed by atoms with Crippen LogP contribution < -0.4 is 4.74 Å². The number of hydrogen-bond acceptors (Lipinski definition) is 5. The van der Waals surface area contributed by atoms with E-state index in [-0.39, 0.29) is 12.4 Å². The minimum absolute atomic E-state index is 0.162. The van der Waals surface area contributed by atoms with Crippen LogP contribution in [0.1, 0.15) is 11.4 Å². The van der Waals surface area contributed by atoms with Crippen molar-refractivity contribution in [2.24, 2.45) is 7.05 Å². The lowest BCUT2D eigenvalue weighted by Crippen LogP contribution is -1.98. The summed E-state index contributed by atoms with van der Waals surface area (Å²) in [5.41, 5.74) is 0.812. The van der Waals surface area contributed by atoms with Gasteiger partial charge in [-0.15, -0.1) is 10.2 Å². The first kappa shape index (κ1) is 16.5. The van der Waals surface area contributed by atoms with E-state index < -0.39 is 5.82 Å². The van der Waals surface area contributed by atoms with Gasteiger partial charge in [0.05, 0.1) is 0 Å². The van der Waals surface area contributed by atoms with Gasteiger partial charge in [0, 0.05) is 12.8 Å². The molecule has 1 heterocycles. The van der Waals surface area contributed by atoms with Crippen LogP contribution in [0.2, 0.25) is 0 Å². The van der Waals surface area contributed by atoms with Crippen molar-refractivity contribution in [2.75, 3.05) is 0 Å². The second-order valence-corrected chi connectivity index (χ2v) is 6.03. The number of rotatable bonds is 6. The number of aliphatic hydroxyl groups is 1. The van der Waals surface area contributed by atoms with Crippen LogP contribution in [-0.2, 0) is 19.4 Å². The number of thioether (sulfide) groups is 1. The highest BCUT2D eigenvalue weighted by molar-refractivity contribution is 7.98. The quantitative estimate of drug-likeness (QED) is 0.693. The summed E-state index contributed by atoms with van der Waals surface area (Å²) in [7, 11) is 1.78. The second-order valence-electron chi connectivity index (χ2n) is 5.08. The molecule has 2 aromatic carbocycles. The summed E-state index contributed by atoms with van der Waals surface area (Å²) in [6.07, 6.45) is 0. The largest absolute Gasteiger partial charge is 0.454 e. The zero-order chi connectivity index (χ0) is 16.9. The van der Waals surface area contributed by atoms with Crippen molar-refractivity contribution >= 4 is 11.8 Å². The minimum atomic E-state index is -0.411. The Morgan fingerprint density at radius 3 is 2.62 bits per heavy atom. The molecule has 0 aliphatic carbocycles. The molecule has 0 fully saturated rings. The van der Waals surface area contributed by atoms with E-state index in [9.17, 15) is 4.39 Å². The number of nitrogens with zero attached hydrogens (tertiary/aromatic N) is 3. The normalized spacial score (nSPS) is 10.8. The Kier molecular flexibility index (Phi) is 5.12. The molecule has 0 saturated heterocycles. The third-order valence-corrected chi connectivity index (χ3v) is 4.49. The monoisotopic (exact) mass is 345 g/mol. The number of benzene rings is 2. The number of para-hydroxylation sites is 1. The molecule has 0 unspecified atom stereocenters. The van der Waals surface area contributed by atoms with Crippen LogP contribution in [0.15, 0.2) is 53.7 Å². The molecule has 3 aromatic rings. The summed E-state index contributed by atoms with van der Waals surface area (Å²) < 4.78 is 21.4. The minimum Gasteiger partial charge on any atom is -0.454 e. The zero-order valence-corrected chi connectivity index (χ0v) is 13.8. The molecule has 1 N–H and O–H groups in total. The average Bonchev–Trinajstić information content (AvgIpc) is 2.96. The Bertz CT molecular complexity index is 824. The summed E-state index contributed by atoms with van der Waals surface area (Å²) in [5, 5.41) is 17.6. The molecule has 0 atom stereocenters. The van der Waals surface area contributed by atoms with Crippen LogP contribution in [-0.4, -0.2) is 19.9 Å². The number of aliphatic hydroxyl groups excluding tert-OH is 1. The Balaban J connectivity index is 1.67. The fraction of sp³-hybridized carbons (Fsp3) is 0.176. The van der Waals surface area contributed by atoms with E-state index in [1.807, 2.05) is 24.3 Å². The van der Waals surface area contributed by atoms with Crippen LogP contribution in [0, 0.1) is 5.82 Å². The van der Waals surface area contributed by atoms with Crippen LogP contribution in [0.3, 0.4) is 0 Å². The fourth-order valence-electron chi connectivity index (χ4n) is 2.09. The molecular weight excluding hydrogens is 329 g/mol. The zero-order valence-electron chi connectivity index (χ0n) is 13.0. The van der Waals surface area contributed by atoms with E-state index in [1.54, 1.807) is 29.8 Å². The summed E-state index contributed by atoms with van der Waals surface area (Å²) >= 11 is 1.43. The van der Waals surface area contributed by atoms with Crippen molar-refractivity contribution in [1.29, 1.82) is 0 Å². The van der Waals surface area contributed by atoms with Gasteiger partial charge in [0.1, 0.15) is 12.4 Å². The van der Waals surface area contributed by atoms with Gasteiger partial charge in [-0.3, -0.25) is 0 Å². The molecule has 3 rings (SSSR count). The Morgan fingerprint density at radius 2 is 1.96 bits per heavy atom. The van der Waals surface area contributed by atoms with Crippen LogP contribution in [0.4, 0.5) is 4.39 Å². The maximum Gasteiger partial charge on any atom is 0.191 e. The molecule has 124 valence electrons. The molecule has 0 aliphatic heterocycles. The molecule has 24 heavy (non-hydrogen) atoms. The maximum absolute atomic E-state index is 14.2. The Hall–Kier alpha value is -2.38. The number of aromatic nitrogens is 3. The van der Waals surface area contributed by atoms with E-state index in [2.05, 4.69) is 10.2 Å². The highest BCUT2D eigenvalue weighted by atomic mass is 32.2. The van der Waals surface area contributed by atoms with E-state index in [0.717, 1.165) is 5.56 Å². The lowest BCUT2D eigenvalue weighted by molar-refractivity contribution is 0.266. The van der Waals surface area contributed by atoms with Crippen LogP contribution in [0.5, 0.6) is 11.5 Å². The van der Waals surface area contributed by atoms with Gasteiger partial charge >= 0.3 is 0 Å². The molecule has 5 nitrogen and oxygen atoms in total. The summed E-state index contributed by atoms with van der Waals surface area (Å²) in [6, 6.07) is 14.0. The first-order chi connectivity index (χ1) is 11.7. The third-order valence-electron chi connectivity index (χ3n) is 3.40. The van der Waals surface area contributed by atoms with Crippen molar-refractivity contribution in [2.45, 2.75) is 17.5 Å². The SMILES string of the molecule is Cn1c(CO)nnc1SCc1ccc(Oc2ccccc2)c(F)c1. The molecule has 0 radical (unpaired) electrons. The van der Waals surface area contributed by atoms with Crippen LogP contribution >= 0.6 is 11.8 Å². The van der Waals surface area contributed by atoms with Crippen molar-refractivity contribution < 1.29 is 14.2 Å². The number of hydrogen-bond donors (Lipinski definition) is 1. The number of halogens is 1. The maximum atomic E-state index is 14.2. The van der Waals surface area contributed by atoms with Gasteiger partial charge in [-0.05, 0) is 29.8 Å². The Morgan fingerprint density at radius 1 is 1.17 bits per heavy atom. The van der Waals surface area contributed by atoms with Gasteiger partial charge in [0.25, 0.3) is 0 Å². The standard InChI is InChI=1S/C17H16FN3O2S/c1-21-16(10-22)19-20-17(21)24-11-12-7-8-15(14(18)9-12)23-13-5-3-2-4-6-13/h2-9,22H,10-11H2,1H3. The lowest BCUT2D eigenvalue weighted by Gasteiger charge is -2.08. The van der Waals surface area contributed by atoms with Crippen molar-refractivity contribution in [1.82, 2.24) is 14.8 Å². The van der Waals surface area contributed by atoms with E-state index in [1.165, 1.54) is 17.8 Å². The average molecular weight is 345 g/mol. The van der Waals surface area contributed by atoms with Gasteiger partial charge in [0.15, 0.2) is 22.5 Å². The number of ether oxygens (including phenoxy) is 1. The summed E-state index contributed by atoms with van der Waals surface area (Å²) in [6.45, 7) is -0.162. The molecule has 0 bridgehead atoms. The van der Waals surface area contributed by atoms with Crippen molar-refractivity contribution in [3.8, 4) is 11.5 Å². The second kappa shape index (κ2) is 7.46. The highest BCUT2D eigenvalue weighted by Crippen LogP contribution is 2.27. The van der Waals surface area contributed by atoms with Gasteiger partial charge in [0.2, 0.25) is 0 Å². The van der Waals surface area contributed by atoms with Gasteiger partial charge in [-0.25, -0.2) is 4.39 Å². The Labute approximate surface area is 143 Å². The molecule has 0 aliphatic rings. The molecule has 0 saturated carbocycles. The van der Waals surface area contributed by atoms with Crippen molar-refractivity contribution in [3.63, 3.8) is 0 Å². The van der Waals surface area contributed by atoms with Crippen molar-refractivity contribution in [3.05, 3.63) is 65.7 Å². The first-order valence-corrected chi connectivity index (χ1v) is 8.29. The predicted octanol–water partition coefficient (Wildman–Crippen LogP) is 3.53. The van der Waals surface area contributed by atoms with Crippen LogP contribution in [0.25, 0.3) is 0 Å². The van der Waals surface area contributed by atoms with Gasteiger partial charge in [-0.1, -0.05) is 36.0 Å². The highest BCUT2D eigenvalue weighted by Gasteiger charge is 2.10. The van der Waals surface area contributed by atoms with Gasteiger partial charge < -0.3 is 14.4 Å².